The lowest BCUT2D eigenvalue weighted by molar-refractivity contribution is -0.157. The number of carbonyl (C=O) groups is 3. The van der Waals surface area contributed by atoms with Crippen LogP contribution in [0.2, 0.25) is 0 Å². The minimum atomic E-state index is -4.52. The maximum absolute atomic E-state index is 13.2. The lowest BCUT2D eigenvalue weighted by atomic mass is 9.99. The minimum absolute atomic E-state index is 0.221. The highest BCUT2D eigenvalue weighted by Gasteiger charge is 2.38. The van der Waals surface area contributed by atoms with Gasteiger partial charge in [0.05, 0.1) is 36.1 Å². The fourth-order valence-corrected chi connectivity index (χ4v) is 6.62. The number of halogens is 6. The molecule has 17 heteroatoms. The van der Waals surface area contributed by atoms with Crippen LogP contribution in [0.5, 0.6) is 0 Å². The SMILES string of the molecule is CC(C)(C)OC(=O)CC(c1cccc(C(F)(F)F)c1)N1CCN(CCCCN)C1=O.CCCCCn1ccn(C(CC(=O)OC(C)(C)C)c2cccc(C(F)(F)F)c2)c1=O. The van der Waals surface area contributed by atoms with E-state index in [0.717, 1.165) is 56.4 Å². The highest BCUT2D eigenvalue weighted by Crippen LogP contribution is 2.35. The number of carbonyl (C=O) groups excluding carboxylic acids is 3. The minimum Gasteiger partial charge on any atom is -0.460 e. The molecule has 334 valence electrons. The molecule has 0 spiro atoms. The van der Waals surface area contributed by atoms with Gasteiger partial charge in [0.2, 0.25) is 0 Å². The quantitative estimate of drug-likeness (QED) is 0.0865. The van der Waals surface area contributed by atoms with Crippen LogP contribution in [-0.2, 0) is 38.0 Å². The molecule has 0 aliphatic carbocycles. The van der Waals surface area contributed by atoms with Crippen molar-refractivity contribution in [3.8, 4) is 0 Å². The summed E-state index contributed by atoms with van der Waals surface area (Å²) in [6.45, 7) is 14.7. The molecule has 0 radical (unpaired) electrons. The van der Waals surface area contributed by atoms with Crippen molar-refractivity contribution in [2.24, 2.45) is 5.73 Å². The smallest absolute Gasteiger partial charge is 0.416 e. The van der Waals surface area contributed by atoms with Gasteiger partial charge in [-0.15, -0.1) is 0 Å². The summed E-state index contributed by atoms with van der Waals surface area (Å²) in [5.41, 5.74) is 2.49. The van der Waals surface area contributed by atoms with Crippen molar-refractivity contribution in [3.63, 3.8) is 0 Å². The number of nitrogens with two attached hydrogens (primary N) is 1. The fraction of sp³-hybridized carbons (Fsp3) is 0.581. The van der Waals surface area contributed by atoms with Gasteiger partial charge >= 0.3 is 36.0 Å². The van der Waals surface area contributed by atoms with Crippen LogP contribution in [-0.4, -0.2) is 74.3 Å². The van der Waals surface area contributed by atoms with E-state index >= 15 is 0 Å². The van der Waals surface area contributed by atoms with Crippen LogP contribution in [0.15, 0.2) is 65.7 Å². The molecule has 60 heavy (non-hydrogen) atoms. The van der Waals surface area contributed by atoms with Crippen molar-refractivity contribution in [1.82, 2.24) is 18.9 Å². The van der Waals surface area contributed by atoms with Crippen molar-refractivity contribution in [3.05, 3.63) is 93.7 Å². The first-order chi connectivity index (χ1) is 27.8. The molecule has 2 amide bonds. The molecule has 11 nitrogen and oxygen atoms in total. The second-order valence-corrected chi connectivity index (χ2v) is 16.7. The van der Waals surface area contributed by atoms with E-state index in [1.165, 1.54) is 44.5 Å². The summed E-state index contributed by atoms with van der Waals surface area (Å²) in [5.74, 6) is -1.16. The number of urea groups is 1. The summed E-state index contributed by atoms with van der Waals surface area (Å²) in [6, 6.07) is 7.46. The average Bonchev–Trinajstić information content (AvgIpc) is 3.68. The van der Waals surface area contributed by atoms with E-state index in [9.17, 15) is 45.5 Å². The Hall–Kier alpha value is -4.80. The molecule has 0 bridgehead atoms. The zero-order valence-electron chi connectivity index (χ0n) is 35.5. The molecule has 2 aromatic carbocycles. The third kappa shape index (κ3) is 15.3. The Balaban J connectivity index is 0.000000320. The Morgan fingerprint density at radius 2 is 1.20 bits per heavy atom. The highest BCUT2D eigenvalue weighted by molar-refractivity contribution is 5.79. The second-order valence-electron chi connectivity index (χ2n) is 16.7. The molecule has 2 heterocycles. The highest BCUT2D eigenvalue weighted by atomic mass is 19.4. The Morgan fingerprint density at radius 3 is 1.68 bits per heavy atom. The number of amides is 2. The van der Waals surface area contributed by atoms with E-state index in [1.54, 1.807) is 52.6 Å². The van der Waals surface area contributed by atoms with Crippen molar-refractivity contribution >= 4 is 18.0 Å². The molecule has 1 aromatic heterocycles. The zero-order valence-corrected chi connectivity index (χ0v) is 35.5. The predicted octanol–water partition coefficient (Wildman–Crippen LogP) is 9.13. The topological polar surface area (TPSA) is 129 Å². The van der Waals surface area contributed by atoms with E-state index < -0.39 is 58.7 Å². The van der Waals surface area contributed by atoms with Gasteiger partial charge in [0.25, 0.3) is 0 Å². The van der Waals surface area contributed by atoms with E-state index in [4.69, 9.17) is 15.2 Å². The molecule has 2 N–H and O–H groups in total. The molecule has 1 aliphatic heterocycles. The van der Waals surface area contributed by atoms with Gasteiger partial charge in [-0.05, 0) is 103 Å². The van der Waals surface area contributed by atoms with Gasteiger partial charge in [-0.3, -0.25) is 18.7 Å². The van der Waals surface area contributed by atoms with Gasteiger partial charge in [-0.25, -0.2) is 9.59 Å². The Bertz CT molecular complexity index is 1930. The van der Waals surface area contributed by atoms with Gasteiger partial charge < -0.3 is 25.0 Å². The summed E-state index contributed by atoms with van der Waals surface area (Å²) in [4.78, 5) is 53.8. The van der Waals surface area contributed by atoms with Gasteiger partial charge in [0.15, 0.2) is 0 Å². The molecular weight excluding hydrogens is 796 g/mol. The first kappa shape index (κ1) is 49.6. The molecule has 2 unspecified atom stereocenters. The van der Waals surface area contributed by atoms with Gasteiger partial charge in [-0.1, -0.05) is 44.0 Å². The molecule has 1 aliphatic rings. The van der Waals surface area contributed by atoms with Gasteiger partial charge in [-0.2, -0.15) is 26.3 Å². The molecule has 0 saturated carbocycles. The van der Waals surface area contributed by atoms with Crippen LogP contribution in [0.25, 0.3) is 0 Å². The van der Waals surface area contributed by atoms with Crippen LogP contribution < -0.4 is 11.4 Å². The van der Waals surface area contributed by atoms with Crippen LogP contribution in [0.4, 0.5) is 31.1 Å². The Morgan fingerprint density at radius 1 is 0.700 bits per heavy atom. The third-order valence-electron chi connectivity index (χ3n) is 9.36. The number of rotatable bonds is 16. The van der Waals surface area contributed by atoms with Gasteiger partial charge in [0, 0.05) is 38.6 Å². The van der Waals surface area contributed by atoms with Crippen molar-refractivity contribution in [2.45, 2.75) is 136 Å². The van der Waals surface area contributed by atoms with Gasteiger partial charge in [0.1, 0.15) is 11.2 Å². The number of unbranched alkanes of at least 4 members (excludes halogenated alkanes) is 3. The van der Waals surface area contributed by atoms with Crippen LogP contribution in [0.1, 0.15) is 128 Å². The van der Waals surface area contributed by atoms with E-state index in [0.29, 0.717) is 32.7 Å². The number of hydrogen-bond acceptors (Lipinski definition) is 7. The number of benzene rings is 2. The van der Waals surface area contributed by atoms with Crippen molar-refractivity contribution in [2.75, 3.05) is 26.2 Å². The maximum atomic E-state index is 13.2. The Kier molecular flexibility index (Phi) is 17.5. The van der Waals surface area contributed by atoms with Crippen LogP contribution in [0, 0.1) is 0 Å². The monoisotopic (exact) mass is 855 g/mol. The molecular formula is C43H59F6N5O6. The summed E-state index contributed by atoms with van der Waals surface area (Å²) in [7, 11) is 0. The largest absolute Gasteiger partial charge is 0.460 e. The Labute approximate surface area is 347 Å². The molecule has 1 fully saturated rings. The standard InChI is InChI=1S/C22H29F3N2O3.C21H30F3N3O3/c1-5-6-7-11-26-12-13-27(20(26)29)18(15-19(28)30-21(2,3)4)16-9-8-10-17(14-16)22(23,24)25;1-20(2,3)30-18(28)14-17(15-7-6-8-16(13-15)21(22,23)24)27-12-11-26(19(27)29)10-5-4-9-25/h8-10,12-14,18H,5-7,11,15H2,1-4H3;6-8,13,17H,4-5,9-12,14,25H2,1-3H3. The van der Waals surface area contributed by atoms with Crippen LogP contribution >= 0.6 is 0 Å². The van der Waals surface area contributed by atoms with E-state index in [2.05, 4.69) is 6.92 Å². The summed E-state index contributed by atoms with van der Waals surface area (Å²) >= 11 is 0. The number of esters is 2. The first-order valence-corrected chi connectivity index (χ1v) is 20.2. The number of hydrogen-bond donors (Lipinski definition) is 1. The van der Waals surface area contributed by atoms with Crippen molar-refractivity contribution in [1.29, 1.82) is 0 Å². The number of imidazole rings is 1. The predicted molar refractivity (Wildman–Crippen MR) is 215 cm³/mol. The van der Waals surface area contributed by atoms with Crippen molar-refractivity contribution < 1.29 is 50.2 Å². The lowest BCUT2D eigenvalue weighted by Gasteiger charge is -2.29. The zero-order chi connectivity index (χ0) is 45.1. The molecule has 3 aromatic rings. The fourth-order valence-electron chi connectivity index (χ4n) is 6.62. The number of nitrogens with zero attached hydrogens (tertiary/aromatic N) is 4. The molecule has 1 saturated heterocycles. The second kappa shape index (κ2) is 21.1. The summed E-state index contributed by atoms with van der Waals surface area (Å²) in [6.07, 6.45) is -2.08. The summed E-state index contributed by atoms with van der Waals surface area (Å²) in [5, 5.41) is 0. The molecule has 2 atom stereocenters. The first-order valence-electron chi connectivity index (χ1n) is 20.2. The number of aryl methyl sites for hydroxylation is 1. The summed E-state index contributed by atoms with van der Waals surface area (Å²) < 4.78 is 92.8. The maximum Gasteiger partial charge on any atom is 0.416 e. The van der Waals surface area contributed by atoms with Crippen LogP contribution in [0.3, 0.4) is 0 Å². The molecule has 4 rings (SSSR count). The van der Waals surface area contributed by atoms with E-state index in [-0.39, 0.29) is 35.7 Å². The number of ether oxygens (including phenoxy) is 2. The normalized spacial score (nSPS) is 14.7. The average molecular weight is 856 g/mol. The third-order valence-corrected chi connectivity index (χ3v) is 9.36. The number of alkyl halides is 6. The lowest BCUT2D eigenvalue weighted by Crippen LogP contribution is -2.37. The number of aromatic nitrogens is 2. The van der Waals surface area contributed by atoms with E-state index in [1.807, 2.05) is 0 Å².